The first-order valence-corrected chi connectivity index (χ1v) is 8.05. The van der Waals surface area contributed by atoms with Crippen LogP contribution in [0.15, 0.2) is 54.6 Å². The summed E-state index contributed by atoms with van der Waals surface area (Å²) in [6.45, 7) is 1.38. The molecule has 0 aliphatic carbocycles. The van der Waals surface area contributed by atoms with Crippen molar-refractivity contribution in [2.75, 3.05) is 13.7 Å². The number of amides is 1. The Morgan fingerprint density at radius 1 is 1.08 bits per heavy atom. The SMILES string of the molecule is COc1ccc2nc(C(=O)N3CCc4ccccc4C3)ccc2c1. The van der Waals surface area contributed by atoms with E-state index in [4.69, 9.17) is 4.74 Å². The van der Waals surface area contributed by atoms with Crippen LogP contribution in [0.2, 0.25) is 0 Å². The van der Waals surface area contributed by atoms with E-state index in [-0.39, 0.29) is 5.91 Å². The zero-order valence-electron chi connectivity index (χ0n) is 13.5. The number of hydrogen-bond donors (Lipinski definition) is 0. The minimum atomic E-state index is -0.0118. The van der Waals surface area contributed by atoms with E-state index in [9.17, 15) is 4.79 Å². The van der Waals surface area contributed by atoms with E-state index < -0.39 is 0 Å². The number of rotatable bonds is 2. The fourth-order valence-corrected chi connectivity index (χ4v) is 3.18. The number of pyridine rings is 1. The van der Waals surface area contributed by atoms with Crippen LogP contribution in [0.4, 0.5) is 0 Å². The number of ether oxygens (including phenoxy) is 1. The molecule has 4 heteroatoms. The van der Waals surface area contributed by atoms with Gasteiger partial charge in [-0.15, -0.1) is 0 Å². The third-order valence-electron chi connectivity index (χ3n) is 4.53. The van der Waals surface area contributed by atoms with Gasteiger partial charge >= 0.3 is 0 Å². The van der Waals surface area contributed by atoms with E-state index in [1.54, 1.807) is 13.2 Å². The van der Waals surface area contributed by atoms with Crippen LogP contribution in [0.25, 0.3) is 10.9 Å². The first-order valence-electron chi connectivity index (χ1n) is 8.05. The lowest BCUT2D eigenvalue weighted by Crippen LogP contribution is -2.36. The molecule has 0 saturated heterocycles. The van der Waals surface area contributed by atoms with Crippen molar-refractivity contribution in [3.05, 3.63) is 71.4 Å². The summed E-state index contributed by atoms with van der Waals surface area (Å²) in [6, 6.07) is 17.7. The average Bonchev–Trinajstić information content (AvgIpc) is 2.66. The van der Waals surface area contributed by atoms with Crippen LogP contribution in [0.3, 0.4) is 0 Å². The third-order valence-corrected chi connectivity index (χ3v) is 4.53. The summed E-state index contributed by atoms with van der Waals surface area (Å²) in [6.07, 6.45) is 0.896. The van der Waals surface area contributed by atoms with Gasteiger partial charge in [0, 0.05) is 18.5 Å². The molecule has 2 heterocycles. The first-order chi connectivity index (χ1) is 11.7. The van der Waals surface area contributed by atoms with Crippen LogP contribution < -0.4 is 4.74 Å². The molecule has 0 spiro atoms. The molecule has 2 aromatic carbocycles. The van der Waals surface area contributed by atoms with Crippen LogP contribution in [0.5, 0.6) is 5.75 Å². The standard InChI is InChI=1S/C20H18N2O2/c1-24-17-7-9-18-15(12-17)6-8-19(21-18)20(23)22-11-10-14-4-2-3-5-16(14)13-22/h2-9,12H,10-11,13H2,1H3. The maximum atomic E-state index is 12.8. The topological polar surface area (TPSA) is 42.4 Å². The van der Waals surface area contributed by atoms with Gasteiger partial charge in [-0.2, -0.15) is 0 Å². The highest BCUT2D eigenvalue weighted by atomic mass is 16.5. The van der Waals surface area contributed by atoms with Gasteiger partial charge in [-0.25, -0.2) is 4.98 Å². The van der Waals surface area contributed by atoms with Crippen LogP contribution in [-0.4, -0.2) is 29.4 Å². The zero-order valence-corrected chi connectivity index (χ0v) is 13.5. The smallest absolute Gasteiger partial charge is 0.272 e. The maximum absolute atomic E-state index is 12.8. The normalized spacial score (nSPS) is 13.6. The molecule has 0 radical (unpaired) electrons. The molecule has 120 valence electrons. The Morgan fingerprint density at radius 3 is 2.75 bits per heavy atom. The number of aromatic nitrogens is 1. The summed E-state index contributed by atoms with van der Waals surface area (Å²) in [4.78, 5) is 19.2. The van der Waals surface area contributed by atoms with Crippen molar-refractivity contribution in [1.82, 2.24) is 9.88 Å². The minimum absolute atomic E-state index is 0.0118. The molecule has 1 aliphatic rings. The maximum Gasteiger partial charge on any atom is 0.272 e. The Hall–Kier alpha value is -2.88. The predicted molar refractivity (Wildman–Crippen MR) is 93.2 cm³/mol. The van der Waals surface area contributed by atoms with Gasteiger partial charge in [0.25, 0.3) is 5.91 Å². The molecule has 1 aromatic heterocycles. The number of fused-ring (bicyclic) bond motifs is 2. The molecule has 24 heavy (non-hydrogen) atoms. The highest BCUT2D eigenvalue weighted by molar-refractivity contribution is 5.95. The largest absolute Gasteiger partial charge is 0.497 e. The van der Waals surface area contributed by atoms with Crippen LogP contribution in [0.1, 0.15) is 21.6 Å². The summed E-state index contributed by atoms with van der Waals surface area (Å²) in [7, 11) is 1.64. The van der Waals surface area contributed by atoms with Crippen LogP contribution in [-0.2, 0) is 13.0 Å². The van der Waals surface area contributed by atoms with Gasteiger partial charge in [-0.1, -0.05) is 30.3 Å². The third kappa shape index (κ3) is 2.60. The molecule has 4 rings (SSSR count). The molecule has 0 saturated carbocycles. The quantitative estimate of drug-likeness (QED) is 0.727. The van der Waals surface area contributed by atoms with Crippen molar-refractivity contribution >= 4 is 16.8 Å². The second kappa shape index (κ2) is 5.96. The van der Waals surface area contributed by atoms with Crippen molar-refractivity contribution in [2.45, 2.75) is 13.0 Å². The fourth-order valence-electron chi connectivity index (χ4n) is 3.18. The molecule has 0 bridgehead atoms. The minimum Gasteiger partial charge on any atom is -0.497 e. The number of hydrogen-bond acceptors (Lipinski definition) is 3. The number of methoxy groups -OCH3 is 1. The Kier molecular flexibility index (Phi) is 3.65. The molecular formula is C20H18N2O2. The summed E-state index contributed by atoms with van der Waals surface area (Å²) in [5.74, 6) is 0.776. The van der Waals surface area contributed by atoms with E-state index in [2.05, 4.69) is 23.2 Å². The highest BCUT2D eigenvalue weighted by Crippen LogP contribution is 2.22. The van der Waals surface area contributed by atoms with Gasteiger partial charge in [0.05, 0.1) is 12.6 Å². The lowest BCUT2D eigenvalue weighted by molar-refractivity contribution is 0.0729. The average molecular weight is 318 g/mol. The lowest BCUT2D eigenvalue weighted by Gasteiger charge is -2.28. The molecule has 0 unspecified atom stereocenters. The number of benzene rings is 2. The monoisotopic (exact) mass is 318 g/mol. The molecule has 0 N–H and O–H groups in total. The Bertz CT molecular complexity index is 920. The van der Waals surface area contributed by atoms with Gasteiger partial charge in [0.1, 0.15) is 11.4 Å². The number of carbonyl (C=O) groups is 1. The van der Waals surface area contributed by atoms with Crippen molar-refractivity contribution in [3.8, 4) is 5.75 Å². The number of carbonyl (C=O) groups excluding carboxylic acids is 1. The van der Waals surface area contributed by atoms with Crippen LogP contribution in [0, 0.1) is 0 Å². The summed E-state index contributed by atoms with van der Waals surface area (Å²) < 4.78 is 5.23. The summed E-state index contributed by atoms with van der Waals surface area (Å²) in [5, 5.41) is 0.967. The molecule has 1 amide bonds. The van der Waals surface area contributed by atoms with Gasteiger partial charge in [0.15, 0.2) is 0 Å². The van der Waals surface area contributed by atoms with E-state index in [1.165, 1.54) is 11.1 Å². The summed E-state index contributed by atoms with van der Waals surface area (Å²) >= 11 is 0. The molecule has 1 aliphatic heterocycles. The van der Waals surface area contributed by atoms with Crippen molar-refractivity contribution in [1.29, 1.82) is 0 Å². The van der Waals surface area contributed by atoms with Gasteiger partial charge in [-0.3, -0.25) is 4.79 Å². The fraction of sp³-hybridized carbons (Fsp3) is 0.200. The molecular weight excluding hydrogens is 300 g/mol. The number of nitrogens with zero attached hydrogens (tertiary/aromatic N) is 2. The molecule has 4 nitrogen and oxygen atoms in total. The van der Waals surface area contributed by atoms with Gasteiger partial charge in [0.2, 0.25) is 0 Å². The van der Waals surface area contributed by atoms with Crippen molar-refractivity contribution in [3.63, 3.8) is 0 Å². The second-order valence-corrected chi connectivity index (χ2v) is 6.00. The highest BCUT2D eigenvalue weighted by Gasteiger charge is 2.22. The van der Waals surface area contributed by atoms with Gasteiger partial charge < -0.3 is 9.64 Å². The van der Waals surface area contributed by atoms with E-state index in [0.717, 1.165) is 29.6 Å². The summed E-state index contributed by atoms with van der Waals surface area (Å²) in [5.41, 5.74) is 3.86. The Morgan fingerprint density at radius 2 is 1.92 bits per heavy atom. The van der Waals surface area contributed by atoms with Crippen LogP contribution >= 0.6 is 0 Å². The lowest BCUT2D eigenvalue weighted by atomic mass is 9.99. The molecule has 0 atom stereocenters. The van der Waals surface area contributed by atoms with E-state index >= 15 is 0 Å². The van der Waals surface area contributed by atoms with Gasteiger partial charge in [-0.05, 0) is 41.8 Å². The van der Waals surface area contributed by atoms with Crippen molar-refractivity contribution in [2.24, 2.45) is 0 Å². The second-order valence-electron chi connectivity index (χ2n) is 6.00. The van der Waals surface area contributed by atoms with Crippen molar-refractivity contribution < 1.29 is 9.53 Å². The molecule has 0 fully saturated rings. The Labute approximate surface area is 140 Å². The van der Waals surface area contributed by atoms with E-state index in [1.807, 2.05) is 35.2 Å². The predicted octanol–water partition coefficient (Wildman–Crippen LogP) is 3.44. The Balaban J connectivity index is 1.62. The van der Waals surface area contributed by atoms with E-state index in [0.29, 0.717) is 12.2 Å². The zero-order chi connectivity index (χ0) is 16.5. The first kappa shape index (κ1) is 14.7. The molecule has 3 aromatic rings.